The van der Waals surface area contributed by atoms with Gasteiger partial charge in [0.05, 0.1) is 0 Å². The smallest absolute Gasteiger partial charge is 0.130 e. The van der Waals surface area contributed by atoms with E-state index in [0.717, 1.165) is 6.42 Å². The van der Waals surface area contributed by atoms with Gasteiger partial charge in [-0.15, -0.1) is 0 Å². The minimum absolute atomic E-state index is 0.0130. The molecule has 3 unspecified atom stereocenters. The Bertz CT molecular complexity index is 418. The second-order valence-electron chi connectivity index (χ2n) is 4.23. The monoisotopic (exact) mass is 259 g/mol. The molecule has 2 nitrogen and oxygen atoms in total. The van der Waals surface area contributed by atoms with E-state index >= 15 is 0 Å². The van der Waals surface area contributed by atoms with Crippen LogP contribution in [0, 0.1) is 11.6 Å². The zero-order chi connectivity index (χ0) is 12.4. The van der Waals surface area contributed by atoms with E-state index in [-0.39, 0.29) is 17.4 Å². The molecule has 0 saturated carbocycles. The molecule has 1 saturated heterocycles. The zero-order valence-corrected chi connectivity index (χ0v) is 10.4. The van der Waals surface area contributed by atoms with Crippen molar-refractivity contribution < 1.29 is 13.0 Å². The average molecular weight is 259 g/mol. The molecule has 1 fully saturated rings. The van der Waals surface area contributed by atoms with Crippen LogP contribution in [-0.2, 0) is 10.8 Å². The third kappa shape index (κ3) is 2.72. The highest BCUT2D eigenvalue weighted by Crippen LogP contribution is 2.25. The molecule has 1 N–H and O–H groups in total. The van der Waals surface area contributed by atoms with Gasteiger partial charge in [-0.25, -0.2) is 8.78 Å². The van der Waals surface area contributed by atoms with Crippen molar-refractivity contribution in [2.24, 2.45) is 0 Å². The van der Waals surface area contributed by atoms with Gasteiger partial charge in [0, 0.05) is 40.0 Å². The first-order valence-corrected chi connectivity index (χ1v) is 7.15. The molecule has 1 heterocycles. The summed E-state index contributed by atoms with van der Waals surface area (Å²) in [6, 6.07) is 3.38. The predicted octanol–water partition coefficient (Wildman–Crippen LogP) is 2.14. The lowest BCUT2D eigenvalue weighted by Crippen LogP contribution is -2.45. The molecule has 94 valence electrons. The summed E-state index contributed by atoms with van der Waals surface area (Å²) in [6.45, 7) is 1.97. The Kier molecular flexibility index (Phi) is 3.89. The molecular formula is C12H15F2NOS. The van der Waals surface area contributed by atoms with Crippen molar-refractivity contribution in [1.82, 2.24) is 5.32 Å². The van der Waals surface area contributed by atoms with Gasteiger partial charge >= 0.3 is 0 Å². The summed E-state index contributed by atoms with van der Waals surface area (Å²) < 4.78 is 38.9. The minimum Gasteiger partial charge on any atom is -0.305 e. The number of halogens is 2. The molecule has 0 bridgehead atoms. The SMILES string of the molecule is CCC1CS(=O)CC(c2c(F)cccc2F)N1. The Labute approximate surface area is 102 Å². The molecule has 1 aliphatic heterocycles. The van der Waals surface area contributed by atoms with E-state index in [1.54, 1.807) is 0 Å². The summed E-state index contributed by atoms with van der Waals surface area (Å²) in [6.07, 6.45) is 0.804. The van der Waals surface area contributed by atoms with E-state index in [0.29, 0.717) is 5.75 Å². The van der Waals surface area contributed by atoms with Gasteiger partial charge < -0.3 is 5.32 Å². The average Bonchev–Trinajstić information content (AvgIpc) is 2.28. The normalized spacial score (nSPS) is 29.2. The number of hydrogen-bond donors (Lipinski definition) is 1. The van der Waals surface area contributed by atoms with Crippen molar-refractivity contribution in [2.45, 2.75) is 25.4 Å². The topological polar surface area (TPSA) is 29.1 Å². The molecule has 0 aromatic heterocycles. The summed E-state index contributed by atoms with van der Waals surface area (Å²) >= 11 is 0. The predicted molar refractivity (Wildman–Crippen MR) is 64.2 cm³/mol. The fourth-order valence-electron chi connectivity index (χ4n) is 2.11. The van der Waals surface area contributed by atoms with E-state index in [1.165, 1.54) is 18.2 Å². The molecule has 0 amide bonds. The van der Waals surface area contributed by atoms with Gasteiger partial charge in [-0.1, -0.05) is 13.0 Å². The van der Waals surface area contributed by atoms with Crippen LogP contribution in [0.1, 0.15) is 24.9 Å². The quantitative estimate of drug-likeness (QED) is 0.881. The highest BCUT2D eigenvalue weighted by molar-refractivity contribution is 7.85. The van der Waals surface area contributed by atoms with E-state index in [1.807, 2.05) is 6.92 Å². The molecule has 1 aliphatic rings. The van der Waals surface area contributed by atoms with Crippen molar-refractivity contribution in [3.8, 4) is 0 Å². The third-order valence-corrected chi connectivity index (χ3v) is 4.50. The Morgan fingerprint density at radius 3 is 2.59 bits per heavy atom. The van der Waals surface area contributed by atoms with Gasteiger partial charge in [0.25, 0.3) is 0 Å². The zero-order valence-electron chi connectivity index (χ0n) is 9.58. The lowest BCUT2D eigenvalue weighted by atomic mass is 10.1. The highest BCUT2D eigenvalue weighted by Gasteiger charge is 2.29. The van der Waals surface area contributed by atoms with Crippen molar-refractivity contribution >= 4 is 10.8 Å². The fourth-order valence-corrected chi connectivity index (χ4v) is 3.66. The number of hydrogen-bond acceptors (Lipinski definition) is 2. The van der Waals surface area contributed by atoms with E-state index < -0.39 is 28.5 Å². The van der Waals surface area contributed by atoms with E-state index in [2.05, 4.69) is 5.32 Å². The van der Waals surface area contributed by atoms with Gasteiger partial charge in [0.15, 0.2) is 0 Å². The van der Waals surface area contributed by atoms with Crippen molar-refractivity contribution in [3.63, 3.8) is 0 Å². The van der Waals surface area contributed by atoms with Gasteiger partial charge in [0.2, 0.25) is 0 Å². The largest absolute Gasteiger partial charge is 0.305 e. The summed E-state index contributed by atoms with van der Waals surface area (Å²) in [5.74, 6) is -0.315. The van der Waals surface area contributed by atoms with Gasteiger partial charge in [-0.3, -0.25) is 4.21 Å². The fraction of sp³-hybridized carbons (Fsp3) is 0.500. The minimum atomic E-state index is -1.01. The van der Waals surface area contributed by atoms with E-state index in [4.69, 9.17) is 0 Å². The van der Waals surface area contributed by atoms with Crippen LogP contribution in [0.2, 0.25) is 0 Å². The second-order valence-corrected chi connectivity index (χ2v) is 5.78. The first-order valence-electron chi connectivity index (χ1n) is 5.66. The van der Waals surface area contributed by atoms with Gasteiger partial charge in [-0.05, 0) is 18.6 Å². The van der Waals surface area contributed by atoms with Crippen molar-refractivity contribution in [3.05, 3.63) is 35.4 Å². The standard InChI is InChI=1S/C12H15F2NOS/c1-2-8-6-17(16)7-11(15-8)12-9(13)4-3-5-10(12)14/h3-5,8,11,15H,2,6-7H2,1H3. The number of benzene rings is 1. The number of rotatable bonds is 2. The molecule has 2 rings (SSSR count). The van der Waals surface area contributed by atoms with Crippen LogP contribution in [0.25, 0.3) is 0 Å². The van der Waals surface area contributed by atoms with Gasteiger partial charge in [0.1, 0.15) is 11.6 Å². The van der Waals surface area contributed by atoms with Crippen molar-refractivity contribution in [1.29, 1.82) is 0 Å². The van der Waals surface area contributed by atoms with Crippen molar-refractivity contribution in [2.75, 3.05) is 11.5 Å². The maximum Gasteiger partial charge on any atom is 0.130 e. The molecule has 5 heteroatoms. The van der Waals surface area contributed by atoms with Crippen LogP contribution < -0.4 is 5.32 Å². The maximum absolute atomic E-state index is 13.6. The first-order chi connectivity index (χ1) is 8.11. The molecule has 3 atom stereocenters. The van der Waals surface area contributed by atoms with Gasteiger partial charge in [-0.2, -0.15) is 0 Å². The molecule has 0 aliphatic carbocycles. The molecule has 0 radical (unpaired) electrons. The van der Waals surface area contributed by atoms with Crippen LogP contribution in [0.3, 0.4) is 0 Å². The molecular weight excluding hydrogens is 244 g/mol. The van der Waals surface area contributed by atoms with E-state index in [9.17, 15) is 13.0 Å². The lowest BCUT2D eigenvalue weighted by Gasteiger charge is -2.30. The third-order valence-electron chi connectivity index (χ3n) is 3.02. The van der Waals surface area contributed by atoms with Crippen LogP contribution >= 0.6 is 0 Å². The summed E-state index contributed by atoms with van der Waals surface area (Å²) in [7, 11) is -1.01. The summed E-state index contributed by atoms with van der Waals surface area (Å²) in [4.78, 5) is 0. The Morgan fingerprint density at radius 1 is 1.35 bits per heavy atom. The Balaban J connectivity index is 2.30. The maximum atomic E-state index is 13.6. The first kappa shape index (κ1) is 12.6. The number of nitrogens with one attached hydrogen (secondary N) is 1. The summed E-state index contributed by atoms with van der Waals surface area (Å²) in [5.41, 5.74) is 0.0130. The molecule has 1 aromatic carbocycles. The van der Waals surface area contributed by atoms with Crippen LogP contribution in [0.4, 0.5) is 8.78 Å². The second kappa shape index (κ2) is 5.23. The van der Waals surface area contributed by atoms with Crippen LogP contribution in [-0.4, -0.2) is 21.8 Å². The van der Waals surface area contributed by atoms with Crippen LogP contribution in [0.15, 0.2) is 18.2 Å². The summed E-state index contributed by atoms with van der Waals surface area (Å²) in [5, 5.41) is 3.16. The Hall–Kier alpha value is -0.810. The lowest BCUT2D eigenvalue weighted by molar-refractivity contribution is 0.426. The molecule has 1 aromatic rings. The Morgan fingerprint density at radius 2 is 2.00 bits per heavy atom. The molecule has 17 heavy (non-hydrogen) atoms. The highest BCUT2D eigenvalue weighted by atomic mass is 32.2. The molecule has 0 spiro atoms. The van der Waals surface area contributed by atoms with Crippen LogP contribution in [0.5, 0.6) is 0 Å².